The molecule has 11 heteroatoms. The fraction of sp³-hybridized carbons (Fsp3) is 0.250. The molecule has 1 unspecified atom stereocenters. The first kappa shape index (κ1) is 22.6. The Balaban J connectivity index is 1.63. The van der Waals surface area contributed by atoms with Gasteiger partial charge >= 0.3 is 0 Å². The number of nitrogens with one attached hydrogen (secondary N) is 1. The molecule has 1 amide bonds. The summed E-state index contributed by atoms with van der Waals surface area (Å²) >= 11 is 7.23. The van der Waals surface area contributed by atoms with Crippen molar-refractivity contribution in [3.05, 3.63) is 69.5 Å². The molecule has 0 fully saturated rings. The number of carbonyl (C=O) groups is 1. The molecule has 0 aliphatic heterocycles. The Labute approximate surface area is 187 Å². The number of thioether (sulfide) groups is 1. The summed E-state index contributed by atoms with van der Waals surface area (Å²) in [6, 6.07) is 12.9. The zero-order valence-corrected chi connectivity index (χ0v) is 18.4. The second kappa shape index (κ2) is 10.3. The lowest BCUT2D eigenvalue weighted by molar-refractivity contribution is -0.384. The molecule has 0 aliphatic carbocycles. The van der Waals surface area contributed by atoms with E-state index in [1.807, 2.05) is 24.5 Å². The van der Waals surface area contributed by atoms with E-state index in [2.05, 4.69) is 15.5 Å². The van der Waals surface area contributed by atoms with Gasteiger partial charge in [0.05, 0.1) is 10.7 Å². The standard InChI is InChI=1S/C20H20ClN5O4S/c1-3-25-19(13(2)30-17-9-4-6-14(21)10-17)23-24-20(25)31-12-18(27)22-15-7-5-8-16(11-15)26(28)29/h4-11,13H,3,12H2,1-2H3,(H,22,27). The highest BCUT2D eigenvalue weighted by atomic mass is 35.5. The predicted octanol–water partition coefficient (Wildman–Crippen LogP) is 4.73. The van der Waals surface area contributed by atoms with Crippen molar-refractivity contribution in [1.82, 2.24) is 14.8 Å². The van der Waals surface area contributed by atoms with Gasteiger partial charge in [-0.2, -0.15) is 0 Å². The van der Waals surface area contributed by atoms with Crippen LogP contribution in [0.1, 0.15) is 25.8 Å². The van der Waals surface area contributed by atoms with Crippen molar-refractivity contribution in [2.75, 3.05) is 11.1 Å². The normalized spacial score (nSPS) is 11.7. The van der Waals surface area contributed by atoms with Crippen LogP contribution in [-0.2, 0) is 11.3 Å². The van der Waals surface area contributed by atoms with Gasteiger partial charge in [0.2, 0.25) is 5.91 Å². The SMILES string of the molecule is CCn1c(SCC(=O)Nc2cccc([N+](=O)[O-])c2)nnc1C(C)Oc1cccc(Cl)c1. The molecule has 0 saturated carbocycles. The van der Waals surface area contributed by atoms with Gasteiger partial charge in [-0.3, -0.25) is 14.9 Å². The predicted molar refractivity (Wildman–Crippen MR) is 119 cm³/mol. The molecule has 1 heterocycles. The third-order valence-corrected chi connectivity index (χ3v) is 5.41. The Morgan fingerprint density at radius 1 is 1.29 bits per heavy atom. The van der Waals surface area contributed by atoms with Crippen LogP contribution >= 0.6 is 23.4 Å². The molecular weight excluding hydrogens is 442 g/mol. The van der Waals surface area contributed by atoms with Gasteiger partial charge in [0.1, 0.15) is 5.75 Å². The first-order chi connectivity index (χ1) is 14.9. The molecule has 0 saturated heterocycles. The van der Waals surface area contributed by atoms with Crippen LogP contribution in [0.5, 0.6) is 5.75 Å². The molecule has 0 radical (unpaired) electrons. The van der Waals surface area contributed by atoms with E-state index < -0.39 is 4.92 Å². The molecule has 3 aromatic rings. The summed E-state index contributed by atoms with van der Waals surface area (Å²) in [6.07, 6.45) is -0.376. The maximum Gasteiger partial charge on any atom is 0.271 e. The number of benzene rings is 2. The van der Waals surface area contributed by atoms with E-state index in [4.69, 9.17) is 16.3 Å². The fourth-order valence-electron chi connectivity index (χ4n) is 2.83. The average molecular weight is 462 g/mol. The third kappa shape index (κ3) is 5.96. The second-order valence-electron chi connectivity index (χ2n) is 6.45. The Hall–Kier alpha value is -3.11. The Bertz CT molecular complexity index is 1090. The van der Waals surface area contributed by atoms with Crippen LogP contribution < -0.4 is 10.1 Å². The van der Waals surface area contributed by atoms with E-state index in [9.17, 15) is 14.9 Å². The number of nitrogens with zero attached hydrogens (tertiary/aromatic N) is 4. The molecule has 0 bridgehead atoms. The van der Waals surface area contributed by atoms with Gasteiger partial charge in [-0.05, 0) is 38.1 Å². The lowest BCUT2D eigenvalue weighted by Gasteiger charge is -2.15. The number of carbonyl (C=O) groups excluding carboxylic acids is 1. The van der Waals surface area contributed by atoms with Crippen molar-refractivity contribution >= 4 is 40.6 Å². The summed E-state index contributed by atoms with van der Waals surface area (Å²) in [4.78, 5) is 22.6. The van der Waals surface area contributed by atoms with Crippen LogP contribution in [0, 0.1) is 10.1 Å². The monoisotopic (exact) mass is 461 g/mol. The first-order valence-corrected chi connectivity index (χ1v) is 10.8. The number of nitro groups is 1. The largest absolute Gasteiger partial charge is 0.483 e. The number of hydrogen-bond acceptors (Lipinski definition) is 7. The van der Waals surface area contributed by atoms with Crippen LogP contribution in [0.4, 0.5) is 11.4 Å². The van der Waals surface area contributed by atoms with Crippen LogP contribution in [0.3, 0.4) is 0 Å². The molecule has 1 atom stereocenters. The van der Waals surface area contributed by atoms with E-state index >= 15 is 0 Å². The van der Waals surface area contributed by atoms with E-state index in [1.54, 1.807) is 24.3 Å². The highest BCUT2D eigenvalue weighted by molar-refractivity contribution is 7.99. The summed E-state index contributed by atoms with van der Waals surface area (Å²) in [5.41, 5.74) is 0.274. The smallest absolute Gasteiger partial charge is 0.271 e. The number of amides is 1. The van der Waals surface area contributed by atoms with Crippen LogP contribution in [0.25, 0.3) is 0 Å². The zero-order chi connectivity index (χ0) is 22.4. The summed E-state index contributed by atoms with van der Waals surface area (Å²) in [7, 11) is 0. The van der Waals surface area contributed by atoms with E-state index in [0.717, 1.165) is 0 Å². The molecule has 9 nitrogen and oxygen atoms in total. The van der Waals surface area contributed by atoms with Gasteiger partial charge in [-0.25, -0.2) is 0 Å². The zero-order valence-electron chi connectivity index (χ0n) is 16.8. The van der Waals surface area contributed by atoms with Crippen molar-refractivity contribution in [2.45, 2.75) is 31.7 Å². The molecule has 1 aromatic heterocycles. The maximum absolute atomic E-state index is 12.3. The van der Waals surface area contributed by atoms with Gasteiger partial charge < -0.3 is 14.6 Å². The van der Waals surface area contributed by atoms with Gasteiger partial charge in [0.15, 0.2) is 17.1 Å². The lowest BCUT2D eigenvalue weighted by Crippen LogP contribution is -2.15. The maximum atomic E-state index is 12.3. The van der Waals surface area contributed by atoms with Gasteiger partial charge in [-0.1, -0.05) is 35.5 Å². The highest BCUT2D eigenvalue weighted by Crippen LogP contribution is 2.26. The molecule has 0 aliphatic rings. The number of nitro benzene ring substituents is 1. The van der Waals surface area contributed by atoms with Crippen LogP contribution in [0.15, 0.2) is 53.7 Å². The number of halogens is 1. The van der Waals surface area contributed by atoms with E-state index in [-0.39, 0.29) is 23.5 Å². The molecule has 3 rings (SSSR count). The summed E-state index contributed by atoms with van der Waals surface area (Å²) in [6.45, 7) is 4.41. The number of hydrogen-bond donors (Lipinski definition) is 1. The highest BCUT2D eigenvalue weighted by Gasteiger charge is 2.19. The van der Waals surface area contributed by atoms with Crippen molar-refractivity contribution in [2.24, 2.45) is 0 Å². The van der Waals surface area contributed by atoms with Crippen molar-refractivity contribution in [1.29, 1.82) is 0 Å². The topological polar surface area (TPSA) is 112 Å². The molecule has 1 N–H and O–H groups in total. The van der Waals surface area contributed by atoms with E-state index in [0.29, 0.717) is 34.0 Å². The van der Waals surface area contributed by atoms with Gasteiger partial charge in [-0.15, -0.1) is 10.2 Å². The number of aromatic nitrogens is 3. The minimum Gasteiger partial charge on any atom is -0.483 e. The molecule has 162 valence electrons. The Kier molecular flexibility index (Phi) is 7.48. The average Bonchev–Trinajstić information content (AvgIpc) is 3.15. The van der Waals surface area contributed by atoms with Gasteiger partial charge in [0, 0.05) is 29.4 Å². The van der Waals surface area contributed by atoms with Crippen molar-refractivity contribution in [3.8, 4) is 5.75 Å². The molecule has 0 spiro atoms. The number of anilines is 1. The van der Waals surface area contributed by atoms with Gasteiger partial charge in [0.25, 0.3) is 5.69 Å². The lowest BCUT2D eigenvalue weighted by atomic mass is 10.3. The van der Waals surface area contributed by atoms with Crippen molar-refractivity contribution < 1.29 is 14.5 Å². The second-order valence-corrected chi connectivity index (χ2v) is 7.83. The van der Waals surface area contributed by atoms with Crippen LogP contribution in [-0.4, -0.2) is 31.3 Å². The minimum atomic E-state index is -0.512. The fourth-order valence-corrected chi connectivity index (χ4v) is 3.82. The first-order valence-electron chi connectivity index (χ1n) is 9.39. The summed E-state index contributed by atoms with van der Waals surface area (Å²) < 4.78 is 7.80. The van der Waals surface area contributed by atoms with Crippen molar-refractivity contribution in [3.63, 3.8) is 0 Å². The Morgan fingerprint density at radius 2 is 2.06 bits per heavy atom. The van der Waals surface area contributed by atoms with E-state index in [1.165, 1.54) is 30.0 Å². The van der Waals surface area contributed by atoms with Crippen LogP contribution in [0.2, 0.25) is 5.02 Å². The molecule has 31 heavy (non-hydrogen) atoms. The minimum absolute atomic E-state index is 0.0738. The molecular formula is C20H20ClN5O4S. The number of ether oxygens (including phenoxy) is 1. The quantitative estimate of drug-likeness (QED) is 0.278. The number of rotatable bonds is 9. The molecule has 2 aromatic carbocycles. The number of non-ortho nitro benzene ring substituents is 1. The summed E-state index contributed by atoms with van der Waals surface area (Å²) in [5.74, 6) is 1.02. The summed E-state index contributed by atoms with van der Waals surface area (Å²) in [5, 5.41) is 23.1. The Morgan fingerprint density at radius 3 is 2.77 bits per heavy atom. The third-order valence-electron chi connectivity index (χ3n) is 4.21.